The third-order valence-corrected chi connectivity index (χ3v) is 4.92. The largest absolute Gasteiger partial charge is 0.354 e. The monoisotopic (exact) mass is 422 g/mol. The van der Waals surface area contributed by atoms with Crippen LogP contribution in [0.5, 0.6) is 0 Å². The predicted molar refractivity (Wildman–Crippen MR) is 113 cm³/mol. The highest BCUT2D eigenvalue weighted by Gasteiger charge is 2.10. The number of carbonyl (C=O) groups excluding carboxylic acids is 1. The topological polar surface area (TPSA) is 94.2 Å². The molecule has 4 rings (SSSR count). The highest BCUT2D eigenvalue weighted by atomic mass is 35.5. The van der Waals surface area contributed by atoms with Gasteiger partial charge in [-0.2, -0.15) is 5.10 Å². The number of rotatable bonds is 7. The van der Waals surface area contributed by atoms with E-state index in [1.807, 2.05) is 47.0 Å². The summed E-state index contributed by atoms with van der Waals surface area (Å²) in [6, 6.07) is 15.9. The van der Waals surface area contributed by atoms with E-state index in [0.717, 1.165) is 16.2 Å². The van der Waals surface area contributed by atoms with Gasteiger partial charge in [-0.25, -0.2) is 4.68 Å². The number of amides is 1. The molecule has 3 aromatic heterocycles. The van der Waals surface area contributed by atoms with Crippen molar-refractivity contribution in [1.82, 2.24) is 29.7 Å². The standard InChI is InChI=1S/C21H19ClN6O2/c22-16-7-2-1-6-15(16)17-10-11-21(30)28(26-17)14-20(29)23-12-5-9-19-25-24-18-8-3-4-13-27(18)19/h1-4,6-8,10-11,13H,5,9,12,14H2,(H,23,29). The summed E-state index contributed by atoms with van der Waals surface area (Å²) in [6.07, 6.45) is 3.28. The SMILES string of the molecule is O=C(Cn1nc(-c2ccccc2Cl)ccc1=O)NCCCc1nnc2ccccn12. The van der Waals surface area contributed by atoms with Crippen molar-refractivity contribution in [2.75, 3.05) is 6.54 Å². The number of aromatic nitrogens is 5. The summed E-state index contributed by atoms with van der Waals surface area (Å²) < 4.78 is 3.06. The molecule has 0 saturated carbocycles. The van der Waals surface area contributed by atoms with Crippen LogP contribution in [-0.2, 0) is 17.8 Å². The fourth-order valence-electron chi connectivity index (χ4n) is 3.10. The van der Waals surface area contributed by atoms with Crippen molar-refractivity contribution in [1.29, 1.82) is 0 Å². The zero-order chi connectivity index (χ0) is 20.9. The van der Waals surface area contributed by atoms with Crippen molar-refractivity contribution < 1.29 is 4.79 Å². The summed E-state index contributed by atoms with van der Waals surface area (Å²) >= 11 is 6.20. The second-order valence-corrected chi connectivity index (χ2v) is 7.10. The number of carbonyl (C=O) groups is 1. The summed E-state index contributed by atoms with van der Waals surface area (Å²) in [7, 11) is 0. The Kier molecular flexibility index (Phi) is 5.85. The van der Waals surface area contributed by atoms with Gasteiger partial charge in [0.2, 0.25) is 5.91 Å². The Morgan fingerprint density at radius 3 is 2.73 bits per heavy atom. The second kappa shape index (κ2) is 8.87. The number of nitrogens with zero attached hydrogens (tertiary/aromatic N) is 5. The van der Waals surface area contributed by atoms with Crippen LogP contribution in [0, 0.1) is 0 Å². The molecular formula is C21H19ClN6O2. The first kappa shape index (κ1) is 19.8. The zero-order valence-corrected chi connectivity index (χ0v) is 16.8. The minimum atomic E-state index is -0.351. The van der Waals surface area contributed by atoms with Crippen molar-refractivity contribution in [2.24, 2.45) is 0 Å². The smallest absolute Gasteiger partial charge is 0.267 e. The van der Waals surface area contributed by atoms with Crippen LogP contribution in [0.25, 0.3) is 16.9 Å². The molecule has 0 spiro atoms. The van der Waals surface area contributed by atoms with Gasteiger partial charge >= 0.3 is 0 Å². The minimum absolute atomic E-state index is 0.162. The molecule has 1 N–H and O–H groups in total. The highest BCUT2D eigenvalue weighted by Crippen LogP contribution is 2.24. The molecule has 30 heavy (non-hydrogen) atoms. The molecule has 0 aliphatic rings. The predicted octanol–water partition coefficient (Wildman–Crippen LogP) is 2.36. The lowest BCUT2D eigenvalue weighted by Gasteiger charge is -2.09. The summed E-state index contributed by atoms with van der Waals surface area (Å²) in [5, 5.41) is 15.9. The van der Waals surface area contributed by atoms with E-state index >= 15 is 0 Å². The molecule has 0 unspecified atom stereocenters. The lowest BCUT2D eigenvalue weighted by atomic mass is 10.1. The maximum Gasteiger partial charge on any atom is 0.267 e. The Balaban J connectivity index is 1.34. The molecule has 0 aliphatic carbocycles. The number of aryl methyl sites for hydroxylation is 1. The van der Waals surface area contributed by atoms with Crippen molar-refractivity contribution >= 4 is 23.2 Å². The van der Waals surface area contributed by atoms with E-state index < -0.39 is 0 Å². The first-order valence-electron chi connectivity index (χ1n) is 9.50. The number of hydrogen-bond donors (Lipinski definition) is 1. The van der Waals surface area contributed by atoms with Gasteiger partial charge in [-0.15, -0.1) is 10.2 Å². The molecule has 0 bridgehead atoms. The van der Waals surface area contributed by atoms with Crippen LogP contribution in [-0.4, -0.2) is 36.8 Å². The molecule has 3 heterocycles. The van der Waals surface area contributed by atoms with Crippen LogP contribution < -0.4 is 10.9 Å². The average Bonchev–Trinajstić information content (AvgIpc) is 3.16. The van der Waals surface area contributed by atoms with E-state index in [1.54, 1.807) is 12.1 Å². The van der Waals surface area contributed by atoms with Gasteiger partial charge in [0.1, 0.15) is 12.4 Å². The molecule has 152 valence electrons. The summed E-state index contributed by atoms with van der Waals surface area (Å²) in [4.78, 5) is 24.4. The lowest BCUT2D eigenvalue weighted by Crippen LogP contribution is -2.34. The van der Waals surface area contributed by atoms with Gasteiger partial charge in [0.25, 0.3) is 5.56 Å². The molecule has 0 saturated heterocycles. The van der Waals surface area contributed by atoms with E-state index in [-0.39, 0.29) is 18.0 Å². The minimum Gasteiger partial charge on any atom is -0.354 e. The van der Waals surface area contributed by atoms with Crippen molar-refractivity contribution in [3.05, 3.63) is 82.0 Å². The number of pyridine rings is 1. The van der Waals surface area contributed by atoms with Gasteiger partial charge in [-0.3, -0.25) is 14.0 Å². The van der Waals surface area contributed by atoms with Crippen molar-refractivity contribution in [3.63, 3.8) is 0 Å². The fourth-order valence-corrected chi connectivity index (χ4v) is 3.33. The zero-order valence-electron chi connectivity index (χ0n) is 16.0. The molecular weight excluding hydrogens is 404 g/mol. The van der Waals surface area contributed by atoms with Crippen LogP contribution in [0.4, 0.5) is 0 Å². The number of halogens is 1. The third-order valence-electron chi connectivity index (χ3n) is 4.59. The van der Waals surface area contributed by atoms with Gasteiger partial charge in [0.15, 0.2) is 5.65 Å². The van der Waals surface area contributed by atoms with Crippen molar-refractivity contribution in [3.8, 4) is 11.3 Å². The molecule has 0 radical (unpaired) electrons. The van der Waals surface area contributed by atoms with Gasteiger partial charge in [-0.1, -0.05) is 35.9 Å². The summed E-state index contributed by atoms with van der Waals surface area (Å²) in [5.41, 5.74) is 1.68. The van der Waals surface area contributed by atoms with Crippen LogP contribution >= 0.6 is 11.6 Å². The Hall–Kier alpha value is -3.52. The molecule has 0 aliphatic heterocycles. The molecule has 0 atom stereocenters. The van der Waals surface area contributed by atoms with E-state index in [2.05, 4.69) is 20.6 Å². The van der Waals surface area contributed by atoms with E-state index in [4.69, 9.17) is 11.6 Å². The second-order valence-electron chi connectivity index (χ2n) is 6.69. The lowest BCUT2D eigenvalue weighted by molar-refractivity contribution is -0.121. The van der Waals surface area contributed by atoms with Crippen LogP contribution in [0.15, 0.2) is 65.6 Å². The van der Waals surface area contributed by atoms with Gasteiger partial charge in [0, 0.05) is 30.8 Å². The average molecular weight is 423 g/mol. The molecule has 9 heteroatoms. The van der Waals surface area contributed by atoms with E-state index in [1.165, 1.54) is 6.07 Å². The van der Waals surface area contributed by atoms with Gasteiger partial charge in [0.05, 0.1) is 10.7 Å². The van der Waals surface area contributed by atoms with Crippen molar-refractivity contribution in [2.45, 2.75) is 19.4 Å². The van der Waals surface area contributed by atoms with Crippen LogP contribution in [0.1, 0.15) is 12.2 Å². The number of hydrogen-bond acceptors (Lipinski definition) is 5. The van der Waals surface area contributed by atoms with Crippen LogP contribution in [0.2, 0.25) is 5.02 Å². The Bertz CT molecular complexity index is 1250. The quantitative estimate of drug-likeness (QED) is 0.461. The molecule has 1 aromatic carbocycles. The molecule has 0 fully saturated rings. The number of fused-ring (bicyclic) bond motifs is 1. The maximum absolute atomic E-state index is 12.3. The molecule has 4 aromatic rings. The van der Waals surface area contributed by atoms with E-state index in [9.17, 15) is 9.59 Å². The van der Waals surface area contributed by atoms with Crippen LogP contribution in [0.3, 0.4) is 0 Å². The normalized spacial score (nSPS) is 11.0. The first-order chi connectivity index (χ1) is 14.6. The first-order valence-corrected chi connectivity index (χ1v) is 9.88. The number of benzene rings is 1. The van der Waals surface area contributed by atoms with Gasteiger partial charge in [-0.05, 0) is 30.7 Å². The van der Waals surface area contributed by atoms with Gasteiger partial charge < -0.3 is 5.32 Å². The molecule has 8 nitrogen and oxygen atoms in total. The van der Waals surface area contributed by atoms with E-state index in [0.29, 0.717) is 35.7 Å². The fraction of sp³-hybridized carbons (Fsp3) is 0.190. The highest BCUT2D eigenvalue weighted by molar-refractivity contribution is 6.33. The molecule has 1 amide bonds. The summed E-state index contributed by atoms with van der Waals surface area (Å²) in [6.45, 7) is 0.296. The maximum atomic E-state index is 12.3. The Morgan fingerprint density at radius 2 is 1.87 bits per heavy atom. The Morgan fingerprint density at radius 1 is 1.03 bits per heavy atom. The Labute approximate surface area is 177 Å². The number of nitrogens with one attached hydrogen (secondary N) is 1. The summed E-state index contributed by atoms with van der Waals surface area (Å²) in [5.74, 6) is 0.553. The third kappa shape index (κ3) is 4.38.